The maximum absolute atomic E-state index is 3.81. The van der Waals surface area contributed by atoms with Gasteiger partial charge in [0.2, 0.25) is 0 Å². The Morgan fingerprint density at radius 1 is 1.00 bits per heavy atom. The third kappa shape index (κ3) is 6.45. The van der Waals surface area contributed by atoms with Crippen molar-refractivity contribution in [2.45, 2.75) is 97.1 Å². The number of rotatable bonds is 9. The molecule has 0 heterocycles. The summed E-state index contributed by atoms with van der Waals surface area (Å²) in [6.45, 7) is 7.04. The summed E-state index contributed by atoms with van der Waals surface area (Å²) in [5, 5.41) is 3.81. The van der Waals surface area contributed by atoms with Crippen LogP contribution in [-0.4, -0.2) is 12.1 Å². The second-order valence-electron chi connectivity index (χ2n) is 6.10. The van der Waals surface area contributed by atoms with E-state index in [1.807, 2.05) is 0 Å². The molecule has 0 aromatic rings. The van der Waals surface area contributed by atoms with Crippen molar-refractivity contribution < 1.29 is 0 Å². The lowest BCUT2D eigenvalue weighted by Crippen LogP contribution is -2.38. The van der Waals surface area contributed by atoms with Gasteiger partial charge in [-0.3, -0.25) is 0 Å². The van der Waals surface area contributed by atoms with Crippen molar-refractivity contribution >= 4 is 0 Å². The molecule has 1 saturated carbocycles. The molecule has 0 aliphatic heterocycles. The molecule has 1 unspecified atom stereocenters. The highest BCUT2D eigenvalue weighted by Crippen LogP contribution is 2.27. The van der Waals surface area contributed by atoms with E-state index in [-0.39, 0.29) is 0 Å². The van der Waals surface area contributed by atoms with E-state index in [0.29, 0.717) is 6.04 Å². The van der Waals surface area contributed by atoms with Gasteiger partial charge in [0.15, 0.2) is 0 Å². The van der Waals surface area contributed by atoms with Crippen molar-refractivity contribution in [3.63, 3.8) is 0 Å². The first-order chi connectivity index (χ1) is 8.24. The van der Waals surface area contributed by atoms with Gasteiger partial charge in [-0.15, -0.1) is 0 Å². The molecule has 17 heavy (non-hydrogen) atoms. The molecule has 1 N–H and O–H groups in total. The molecule has 1 nitrogen and oxygen atoms in total. The Morgan fingerprint density at radius 2 is 1.65 bits per heavy atom. The van der Waals surface area contributed by atoms with Gasteiger partial charge in [-0.05, 0) is 39.0 Å². The van der Waals surface area contributed by atoms with Crippen molar-refractivity contribution in [1.82, 2.24) is 5.32 Å². The molecule has 1 heteroatoms. The van der Waals surface area contributed by atoms with Gasteiger partial charge in [0.25, 0.3) is 0 Å². The van der Waals surface area contributed by atoms with E-state index in [1.54, 1.807) is 0 Å². The molecule has 0 bridgehead atoms. The predicted octanol–water partition coefficient (Wildman–Crippen LogP) is 4.90. The highest BCUT2D eigenvalue weighted by molar-refractivity contribution is 4.79. The molecule has 0 aromatic heterocycles. The van der Waals surface area contributed by atoms with E-state index in [0.717, 1.165) is 12.0 Å². The Kier molecular flexibility index (Phi) is 7.92. The molecular formula is C16H33N. The average Bonchev–Trinajstić information content (AvgIpc) is 2.82. The lowest BCUT2D eigenvalue weighted by molar-refractivity contribution is 0.336. The van der Waals surface area contributed by atoms with E-state index in [9.17, 15) is 0 Å². The average molecular weight is 239 g/mol. The second-order valence-corrected chi connectivity index (χ2v) is 6.10. The summed E-state index contributed by atoms with van der Waals surface area (Å²) in [7, 11) is 0. The summed E-state index contributed by atoms with van der Waals surface area (Å²) in [6.07, 6.45) is 14.2. The van der Waals surface area contributed by atoms with E-state index >= 15 is 0 Å². The topological polar surface area (TPSA) is 12.0 Å². The number of nitrogens with one attached hydrogen (secondary N) is 1. The minimum absolute atomic E-state index is 0.715. The summed E-state index contributed by atoms with van der Waals surface area (Å²) >= 11 is 0. The minimum Gasteiger partial charge on any atom is -0.312 e. The Bertz CT molecular complexity index is 172. The van der Waals surface area contributed by atoms with Crippen molar-refractivity contribution in [2.24, 2.45) is 5.92 Å². The quantitative estimate of drug-likeness (QED) is 0.564. The zero-order chi connectivity index (χ0) is 12.5. The van der Waals surface area contributed by atoms with Crippen molar-refractivity contribution in [3.8, 4) is 0 Å². The monoisotopic (exact) mass is 239 g/mol. The lowest BCUT2D eigenvalue weighted by Gasteiger charge is -2.25. The third-order valence-corrected chi connectivity index (χ3v) is 4.40. The Labute approximate surface area is 109 Å². The molecule has 1 rings (SSSR count). The minimum atomic E-state index is 0.715. The first-order valence-corrected chi connectivity index (χ1v) is 8.00. The normalized spacial score (nSPS) is 20.6. The van der Waals surface area contributed by atoms with Gasteiger partial charge in [-0.1, -0.05) is 51.9 Å². The van der Waals surface area contributed by atoms with Crippen LogP contribution in [0.4, 0.5) is 0 Å². The molecule has 1 fully saturated rings. The maximum Gasteiger partial charge on any atom is 0.00694 e. The van der Waals surface area contributed by atoms with Crippen LogP contribution in [-0.2, 0) is 0 Å². The summed E-state index contributed by atoms with van der Waals surface area (Å²) in [6, 6.07) is 1.45. The van der Waals surface area contributed by atoms with Crippen LogP contribution in [0.5, 0.6) is 0 Å². The molecule has 1 aliphatic rings. The lowest BCUT2D eigenvalue weighted by atomic mass is 9.98. The Hall–Kier alpha value is -0.0400. The first kappa shape index (κ1) is 15.0. The van der Waals surface area contributed by atoms with Crippen molar-refractivity contribution in [2.75, 3.05) is 0 Å². The second kappa shape index (κ2) is 8.97. The third-order valence-electron chi connectivity index (χ3n) is 4.40. The van der Waals surface area contributed by atoms with Crippen LogP contribution in [0.1, 0.15) is 85.0 Å². The summed E-state index contributed by atoms with van der Waals surface area (Å²) in [5.41, 5.74) is 0. The molecule has 102 valence electrons. The number of unbranched alkanes of at least 4 members (excludes halogenated alkanes) is 4. The van der Waals surface area contributed by atoms with Gasteiger partial charge < -0.3 is 5.32 Å². The van der Waals surface area contributed by atoms with Crippen LogP contribution >= 0.6 is 0 Å². The smallest absolute Gasteiger partial charge is 0.00694 e. The molecule has 0 spiro atoms. The maximum atomic E-state index is 3.81. The van der Waals surface area contributed by atoms with Gasteiger partial charge >= 0.3 is 0 Å². The van der Waals surface area contributed by atoms with Gasteiger partial charge in [-0.2, -0.15) is 0 Å². The van der Waals surface area contributed by atoms with Gasteiger partial charge in [0.1, 0.15) is 0 Å². The van der Waals surface area contributed by atoms with E-state index in [4.69, 9.17) is 0 Å². The number of hydrogen-bond donors (Lipinski definition) is 1. The van der Waals surface area contributed by atoms with E-state index in [1.165, 1.54) is 64.2 Å². The Balaban J connectivity index is 2.01. The van der Waals surface area contributed by atoms with Gasteiger partial charge in [0, 0.05) is 12.1 Å². The zero-order valence-electron chi connectivity index (χ0n) is 12.3. The van der Waals surface area contributed by atoms with Gasteiger partial charge in [0.05, 0.1) is 0 Å². The van der Waals surface area contributed by atoms with Crippen LogP contribution < -0.4 is 5.32 Å². The highest BCUT2D eigenvalue weighted by atomic mass is 14.9. The largest absolute Gasteiger partial charge is 0.312 e. The summed E-state index contributed by atoms with van der Waals surface area (Å²) in [4.78, 5) is 0. The van der Waals surface area contributed by atoms with Crippen LogP contribution in [0, 0.1) is 5.92 Å². The fourth-order valence-corrected chi connectivity index (χ4v) is 3.18. The number of hydrogen-bond acceptors (Lipinski definition) is 1. The molecular weight excluding hydrogens is 206 g/mol. The standard InChI is InChI=1S/C16H33N/c1-4-5-6-7-8-11-14(2)17-15(3)16-12-9-10-13-16/h14-17H,4-13H2,1-3H3/t14?,15-/m0/s1. The van der Waals surface area contributed by atoms with E-state index < -0.39 is 0 Å². The van der Waals surface area contributed by atoms with Crippen molar-refractivity contribution in [1.29, 1.82) is 0 Å². The fraction of sp³-hybridized carbons (Fsp3) is 1.00. The summed E-state index contributed by atoms with van der Waals surface area (Å²) < 4.78 is 0. The summed E-state index contributed by atoms with van der Waals surface area (Å²) in [5.74, 6) is 0.956. The Morgan fingerprint density at radius 3 is 2.29 bits per heavy atom. The van der Waals surface area contributed by atoms with Crippen LogP contribution in [0.15, 0.2) is 0 Å². The molecule has 0 saturated heterocycles. The molecule has 0 aromatic carbocycles. The van der Waals surface area contributed by atoms with E-state index in [2.05, 4.69) is 26.1 Å². The predicted molar refractivity (Wildman–Crippen MR) is 77.4 cm³/mol. The van der Waals surface area contributed by atoms with Crippen molar-refractivity contribution in [3.05, 3.63) is 0 Å². The zero-order valence-corrected chi connectivity index (χ0v) is 12.3. The van der Waals surface area contributed by atoms with Crippen LogP contribution in [0.25, 0.3) is 0 Å². The van der Waals surface area contributed by atoms with Crippen LogP contribution in [0.3, 0.4) is 0 Å². The van der Waals surface area contributed by atoms with Crippen LogP contribution in [0.2, 0.25) is 0 Å². The fourth-order valence-electron chi connectivity index (χ4n) is 3.18. The molecule has 0 radical (unpaired) electrons. The first-order valence-electron chi connectivity index (χ1n) is 8.00. The SMILES string of the molecule is CCCCCCCC(C)N[C@@H](C)C1CCCC1. The molecule has 0 amide bonds. The molecule has 2 atom stereocenters. The highest BCUT2D eigenvalue weighted by Gasteiger charge is 2.22. The van der Waals surface area contributed by atoms with Gasteiger partial charge in [-0.25, -0.2) is 0 Å². The molecule has 1 aliphatic carbocycles.